The van der Waals surface area contributed by atoms with Crippen molar-refractivity contribution in [2.75, 3.05) is 11.9 Å². The van der Waals surface area contributed by atoms with Gasteiger partial charge in [-0.15, -0.1) is 0 Å². The average Bonchev–Trinajstić information content (AvgIpc) is 2.48. The summed E-state index contributed by atoms with van der Waals surface area (Å²) in [5, 5.41) is 3.42. The number of pyridine rings is 1. The fraction of sp³-hybridized carbons (Fsp3) is 0.200. The third-order valence-corrected chi connectivity index (χ3v) is 3.10. The second-order valence-corrected chi connectivity index (χ2v) is 4.78. The van der Waals surface area contributed by atoms with Gasteiger partial charge in [0.2, 0.25) is 5.91 Å². The van der Waals surface area contributed by atoms with E-state index >= 15 is 0 Å². The van der Waals surface area contributed by atoms with Crippen LogP contribution < -0.4 is 11.1 Å². The Morgan fingerprint density at radius 2 is 2.10 bits per heavy atom. The molecule has 0 saturated carbocycles. The second-order valence-electron chi connectivity index (χ2n) is 4.38. The Balaban J connectivity index is 2.09. The molecule has 110 valence electrons. The molecular formula is C15H16ClN3O2. The fourth-order valence-electron chi connectivity index (χ4n) is 1.71. The van der Waals surface area contributed by atoms with E-state index in [1.807, 2.05) is 31.2 Å². The number of hydrogen-bond donors (Lipinski definition) is 2. The minimum atomic E-state index is -0.559. The lowest BCUT2D eigenvalue weighted by molar-refractivity contribution is 0.1000. The molecule has 21 heavy (non-hydrogen) atoms. The van der Waals surface area contributed by atoms with Gasteiger partial charge in [0.05, 0.1) is 17.2 Å². The Morgan fingerprint density at radius 1 is 1.38 bits per heavy atom. The van der Waals surface area contributed by atoms with Crippen LogP contribution in [0.1, 0.15) is 22.8 Å². The van der Waals surface area contributed by atoms with Crippen molar-refractivity contribution in [1.29, 1.82) is 0 Å². The first-order valence-electron chi connectivity index (χ1n) is 6.49. The van der Waals surface area contributed by atoms with Crippen LogP contribution in [0, 0.1) is 0 Å². The van der Waals surface area contributed by atoms with Crippen molar-refractivity contribution in [1.82, 2.24) is 4.98 Å². The summed E-state index contributed by atoms with van der Waals surface area (Å²) in [6.07, 6.45) is 1.39. The third-order valence-electron chi connectivity index (χ3n) is 2.82. The van der Waals surface area contributed by atoms with Crippen LogP contribution in [0.3, 0.4) is 0 Å². The number of aromatic nitrogens is 1. The van der Waals surface area contributed by atoms with Gasteiger partial charge in [-0.2, -0.15) is 0 Å². The summed E-state index contributed by atoms with van der Waals surface area (Å²) in [7, 11) is 0. The number of halogens is 1. The number of carbonyl (C=O) groups is 1. The van der Waals surface area contributed by atoms with Gasteiger partial charge in [0.1, 0.15) is 5.82 Å². The largest absolute Gasteiger partial charge is 0.377 e. The van der Waals surface area contributed by atoms with Crippen LogP contribution in [-0.4, -0.2) is 17.5 Å². The van der Waals surface area contributed by atoms with Gasteiger partial charge in [0.15, 0.2) is 0 Å². The summed E-state index contributed by atoms with van der Waals surface area (Å²) in [6, 6.07) is 9.23. The van der Waals surface area contributed by atoms with E-state index in [-0.39, 0.29) is 5.56 Å². The maximum absolute atomic E-state index is 11.0. The van der Waals surface area contributed by atoms with Crippen molar-refractivity contribution in [3.8, 4) is 0 Å². The van der Waals surface area contributed by atoms with Gasteiger partial charge in [0, 0.05) is 18.5 Å². The van der Waals surface area contributed by atoms with Crippen LogP contribution in [-0.2, 0) is 11.3 Å². The Hall–Kier alpha value is -2.11. The van der Waals surface area contributed by atoms with Crippen LogP contribution >= 0.6 is 11.6 Å². The number of amides is 1. The molecule has 3 N–H and O–H groups in total. The number of carbonyl (C=O) groups excluding carboxylic acids is 1. The van der Waals surface area contributed by atoms with Gasteiger partial charge in [-0.3, -0.25) is 4.79 Å². The van der Waals surface area contributed by atoms with Gasteiger partial charge in [-0.1, -0.05) is 23.7 Å². The highest BCUT2D eigenvalue weighted by Crippen LogP contribution is 2.24. The lowest BCUT2D eigenvalue weighted by atomic mass is 10.2. The Labute approximate surface area is 128 Å². The highest BCUT2D eigenvalue weighted by Gasteiger charge is 2.07. The molecule has 1 amide bonds. The Kier molecular flexibility index (Phi) is 5.14. The molecule has 0 saturated heterocycles. The Bertz CT molecular complexity index is 629. The van der Waals surface area contributed by atoms with Crippen LogP contribution in [0.25, 0.3) is 0 Å². The summed E-state index contributed by atoms with van der Waals surface area (Å²) in [6.45, 7) is 3.23. The van der Waals surface area contributed by atoms with Crippen LogP contribution in [0.15, 0.2) is 36.5 Å². The summed E-state index contributed by atoms with van der Waals surface area (Å²) >= 11 is 6.07. The quantitative estimate of drug-likeness (QED) is 0.859. The summed E-state index contributed by atoms with van der Waals surface area (Å²) in [5.74, 6) is -0.0875. The summed E-state index contributed by atoms with van der Waals surface area (Å²) in [5.41, 5.74) is 7.38. The summed E-state index contributed by atoms with van der Waals surface area (Å²) in [4.78, 5) is 15.1. The predicted molar refractivity (Wildman–Crippen MR) is 82.8 cm³/mol. The molecule has 2 aromatic rings. The van der Waals surface area contributed by atoms with Crippen molar-refractivity contribution in [3.05, 3.63) is 52.7 Å². The van der Waals surface area contributed by atoms with Gasteiger partial charge in [-0.05, 0) is 30.7 Å². The number of nitrogens with one attached hydrogen (secondary N) is 1. The standard InChI is InChI=1S/C15H16ClN3O2/c1-2-21-9-10-3-5-12(6-4-10)19-15-13(16)7-11(8-18-15)14(17)20/h3-8H,2,9H2,1H3,(H2,17,20)(H,18,19). The number of nitrogens with two attached hydrogens (primary N) is 1. The lowest BCUT2D eigenvalue weighted by Gasteiger charge is -2.09. The normalized spacial score (nSPS) is 10.4. The first-order valence-corrected chi connectivity index (χ1v) is 6.87. The third kappa shape index (κ3) is 4.18. The molecule has 0 aliphatic heterocycles. The molecule has 0 atom stereocenters. The lowest BCUT2D eigenvalue weighted by Crippen LogP contribution is -2.11. The molecule has 1 aromatic carbocycles. The van der Waals surface area contributed by atoms with Crippen LogP contribution in [0.5, 0.6) is 0 Å². The highest BCUT2D eigenvalue weighted by atomic mass is 35.5. The van der Waals surface area contributed by atoms with E-state index < -0.39 is 5.91 Å². The minimum absolute atomic E-state index is 0.276. The number of primary amides is 1. The van der Waals surface area contributed by atoms with E-state index in [1.54, 1.807) is 0 Å². The molecule has 0 aliphatic carbocycles. The van der Waals surface area contributed by atoms with Gasteiger partial charge in [-0.25, -0.2) is 4.98 Å². The molecule has 0 unspecified atom stereocenters. The number of ether oxygens (including phenoxy) is 1. The summed E-state index contributed by atoms with van der Waals surface area (Å²) < 4.78 is 5.33. The van der Waals surface area contributed by atoms with Gasteiger partial charge >= 0.3 is 0 Å². The highest BCUT2D eigenvalue weighted by molar-refractivity contribution is 6.33. The topological polar surface area (TPSA) is 77.2 Å². The van der Waals surface area contributed by atoms with Crippen molar-refractivity contribution < 1.29 is 9.53 Å². The molecule has 0 fully saturated rings. The molecule has 2 rings (SSSR count). The van der Waals surface area contributed by atoms with E-state index in [4.69, 9.17) is 22.1 Å². The minimum Gasteiger partial charge on any atom is -0.377 e. The monoisotopic (exact) mass is 305 g/mol. The molecule has 0 radical (unpaired) electrons. The second kappa shape index (κ2) is 7.06. The van der Waals surface area contributed by atoms with E-state index in [0.717, 1.165) is 11.3 Å². The van der Waals surface area contributed by atoms with Gasteiger partial charge in [0.25, 0.3) is 0 Å². The number of rotatable bonds is 6. The zero-order valence-electron chi connectivity index (χ0n) is 11.6. The number of nitrogens with zero attached hydrogens (tertiary/aromatic N) is 1. The number of hydrogen-bond acceptors (Lipinski definition) is 4. The van der Waals surface area contributed by atoms with E-state index in [1.165, 1.54) is 12.3 Å². The molecule has 0 spiro atoms. The zero-order valence-corrected chi connectivity index (χ0v) is 12.4. The van der Waals surface area contributed by atoms with E-state index in [2.05, 4.69) is 10.3 Å². The van der Waals surface area contributed by atoms with Crippen LogP contribution in [0.2, 0.25) is 5.02 Å². The van der Waals surface area contributed by atoms with Crippen LogP contribution in [0.4, 0.5) is 11.5 Å². The Morgan fingerprint density at radius 3 is 2.67 bits per heavy atom. The number of benzene rings is 1. The van der Waals surface area contributed by atoms with Crippen molar-refractivity contribution in [3.63, 3.8) is 0 Å². The molecule has 0 bridgehead atoms. The fourth-order valence-corrected chi connectivity index (χ4v) is 1.92. The molecule has 1 aromatic heterocycles. The SMILES string of the molecule is CCOCc1ccc(Nc2ncc(C(N)=O)cc2Cl)cc1. The smallest absolute Gasteiger partial charge is 0.250 e. The maximum atomic E-state index is 11.0. The van der Waals surface area contributed by atoms with Crippen molar-refractivity contribution in [2.24, 2.45) is 5.73 Å². The van der Waals surface area contributed by atoms with Crippen molar-refractivity contribution >= 4 is 29.0 Å². The predicted octanol–water partition coefficient (Wildman–Crippen LogP) is 3.11. The molecule has 0 aliphatic rings. The molecule has 6 heteroatoms. The molecule has 5 nitrogen and oxygen atoms in total. The van der Waals surface area contributed by atoms with E-state index in [0.29, 0.717) is 24.1 Å². The molecular weight excluding hydrogens is 290 g/mol. The average molecular weight is 306 g/mol. The van der Waals surface area contributed by atoms with E-state index in [9.17, 15) is 4.79 Å². The zero-order chi connectivity index (χ0) is 15.2. The molecule has 1 heterocycles. The first-order chi connectivity index (χ1) is 10.1. The maximum Gasteiger partial charge on any atom is 0.250 e. The van der Waals surface area contributed by atoms with Crippen molar-refractivity contribution in [2.45, 2.75) is 13.5 Å². The van der Waals surface area contributed by atoms with Gasteiger partial charge < -0.3 is 15.8 Å². The first kappa shape index (κ1) is 15.3. The number of anilines is 2.